The van der Waals surface area contributed by atoms with Crippen molar-refractivity contribution in [3.8, 4) is 0 Å². The van der Waals surface area contributed by atoms with Crippen LogP contribution in [-0.2, 0) is 10.0 Å². The minimum atomic E-state index is -5.85. The summed E-state index contributed by atoms with van der Waals surface area (Å²) in [6.45, 7) is 0. The van der Waals surface area contributed by atoms with E-state index in [0.717, 1.165) is 4.72 Å². The Morgan fingerprint density at radius 1 is 1.32 bits per heavy atom. The minimum Gasteiger partial charge on any atom is -0.478 e. The quantitative estimate of drug-likeness (QED) is 0.838. The van der Waals surface area contributed by atoms with Crippen LogP contribution in [0.5, 0.6) is 0 Å². The number of carboxylic acid groups (broad SMARTS) is 1. The lowest BCUT2D eigenvalue weighted by Crippen LogP contribution is -2.30. The number of carbonyl (C=O) groups is 1. The van der Waals surface area contributed by atoms with Gasteiger partial charge in [-0.3, -0.25) is 4.72 Å². The number of hydrogen-bond donors (Lipinski definition) is 2. The second kappa shape index (κ2) is 4.85. The molecule has 106 valence electrons. The third-order valence-electron chi connectivity index (χ3n) is 1.84. The summed E-state index contributed by atoms with van der Waals surface area (Å²) in [6, 6.07) is 0.739. The number of carboxylic acids is 1. The van der Waals surface area contributed by atoms with Gasteiger partial charge in [-0.25, -0.2) is 9.18 Å². The van der Waals surface area contributed by atoms with Gasteiger partial charge in [-0.1, -0.05) is 11.6 Å². The first-order valence-corrected chi connectivity index (χ1v) is 6.13. The van der Waals surface area contributed by atoms with Crippen molar-refractivity contribution in [2.45, 2.75) is 5.51 Å². The zero-order chi connectivity index (χ0) is 15.0. The van der Waals surface area contributed by atoms with E-state index in [0.29, 0.717) is 12.1 Å². The summed E-state index contributed by atoms with van der Waals surface area (Å²) in [6.07, 6.45) is 0. The highest BCUT2D eigenvalue weighted by atomic mass is 35.5. The van der Waals surface area contributed by atoms with Gasteiger partial charge in [0, 0.05) is 0 Å². The molecule has 0 unspecified atom stereocenters. The fourth-order valence-electron chi connectivity index (χ4n) is 0.994. The number of benzene rings is 1. The average molecular weight is 322 g/mol. The van der Waals surface area contributed by atoms with E-state index in [-0.39, 0.29) is 0 Å². The van der Waals surface area contributed by atoms with E-state index in [4.69, 9.17) is 16.7 Å². The summed E-state index contributed by atoms with van der Waals surface area (Å²) >= 11 is 5.34. The highest BCUT2D eigenvalue weighted by molar-refractivity contribution is 7.93. The Morgan fingerprint density at radius 3 is 2.26 bits per heavy atom. The second-order valence-electron chi connectivity index (χ2n) is 3.17. The Morgan fingerprint density at radius 2 is 1.84 bits per heavy atom. The topological polar surface area (TPSA) is 83.5 Å². The van der Waals surface area contributed by atoms with Crippen molar-refractivity contribution in [1.29, 1.82) is 0 Å². The highest BCUT2D eigenvalue weighted by Crippen LogP contribution is 2.29. The smallest absolute Gasteiger partial charge is 0.478 e. The monoisotopic (exact) mass is 321 g/mol. The Bertz CT molecular complexity index is 628. The highest BCUT2D eigenvalue weighted by Gasteiger charge is 2.46. The number of alkyl halides is 3. The van der Waals surface area contributed by atoms with Gasteiger partial charge in [-0.05, 0) is 12.1 Å². The van der Waals surface area contributed by atoms with Crippen LogP contribution in [0.1, 0.15) is 10.4 Å². The molecular weight excluding hydrogens is 318 g/mol. The standard InChI is InChI=1S/C8H4ClF4NO4S/c9-4-2-5(10)6(1-3(4)7(15)16)14-19(17,18)8(11,12)13/h1-2,14H,(H,15,16). The molecule has 0 spiro atoms. The van der Waals surface area contributed by atoms with Crippen molar-refractivity contribution >= 4 is 33.3 Å². The second-order valence-corrected chi connectivity index (χ2v) is 5.25. The molecule has 0 aromatic heterocycles. The van der Waals surface area contributed by atoms with Crippen molar-refractivity contribution in [3.05, 3.63) is 28.5 Å². The molecular formula is C8H4ClF4NO4S. The third-order valence-corrected chi connectivity index (χ3v) is 3.25. The van der Waals surface area contributed by atoms with E-state index in [1.54, 1.807) is 0 Å². The Labute approximate surface area is 108 Å². The van der Waals surface area contributed by atoms with Crippen LogP contribution in [0.4, 0.5) is 23.2 Å². The van der Waals surface area contributed by atoms with E-state index in [2.05, 4.69) is 0 Å². The maximum Gasteiger partial charge on any atom is 0.516 e. The first-order chi connectivity index (χ1) is 8.45. The molecule has 0 heterocycles. The molecule has 0 aliphatic carbocycles. The zero-order valence-electron chi connectivity index (χ0n) is 8.62. The number of aromatic carboxylic acids is 1. The van der Waals surface area contributed by atoms with Crippen LogP contribution < -0.4 is 4.72 Å². The molecule has 1 aromatic carbocycles. The van der Waals surface area contributed by atoms with E-state index in [1.165, 1.54) is 0 Å². The van der Waals surface area contributed by atoms with Crippen molar-refractivity contribution in [2.24, 2.45) is 0 Å². The van der Waals surface area contributed by atoms with Gasteiger partial charge in [0.25, 0.3) is 0 Å². The Balaban J connectivity index is 3.31. The van der Waals surface area contributed by atoms with Crippen molar-refractivity contribution in [2.75, 3.05) is 4.72 Å². The molecule has 0 atom stereocenters. The molecule has 0 aliphatic heterocycles. The summed E-state index contributed by atoms with van der Waals surface area (Å²) in [5.74, 6) is -3.10. The minimum absolute atomic E-state index is 0.350. The summed E-state index contributed by atoms with van der Waals surface area (Å²) in [5, 5.41) is 8.05. The molecule has 1 rings (SSSR count). The maximum atomic E-state index is 13.2. The van der Waals surface area contributed by atoms with Gasteiger partial charge in [0.2, 0.25) is 0 Å². The molecule has 1 aromatic rings. The third kappa shape index (κ3) is 3.26. The summed E-state index contributed by atoms with van der Waals surface area (Å²) in [5.41, 5.74) is -7.58. The number of anilines is 1. The predicted octanol–water partition coefficient (Wildman–Crippen LogP) is 2.44. The lowest BCUT2D eigenvalue weighted by molar-refractivity contribution is -0.0429. The van der Waals surface area contributed by atoms with Gasteiger partial charge in [0.1, 0.15) is 5.82 Å². The molecule has 11 heteroatoms. The number of nitrogens with one attached hydrogen (secondary N) is 1. The van der Waals surface area contributed by atoms with Gasteiger partial charge >= 0.3 is 21.5 Å². The normalized spacial score (nSPS) is 12.3. The SMILES string of the molecule is O=C(O)c1cc(NS(=O)(=O)C(F)(F)F)c(F)cc1Cl. The lowest BCUT2D eigenvalue weighted by Gasteiger charge is -2.12. The summed E-state index contributed by atoms with van der Waals surface area (Å²) < 4.78 is 71.9. The molecule has 0 radical (unpaired) electrons. The molecule has 2 N–H and O–H groups in total. The summed E-state index contributed by atoms with van der Waals surface area (Å²) in [7, 11) is -5.85. The van der Waals surface area contributed by atoms with Crippen molar-refractivity contribution in [1.82, 2.24) is 0 Å². The predicted molar refractivity (Wildman–Crippen MR) is 57.0 cm³/mol. The number of hydrogen-bond acceptors (Lipinski definition) is 3. The van der Waals surface area contributed by atoms with Gasteiger partial charge in [0.05, 0.1) is 16.3 Å². The molecule has 0 fully saturated rings. The Hall–Kier alpha value is -1.55. The molecule has 19 heavy (non-hydrogen) atoms. The van der Waals surface area contributed by atoms with Crippen LogP contribution in [-0.4, -0.2) is 25.0 Å². The van der Waals surface area contributed by atoms with E-state index in [9.17, 15) is 30.8 Å². The van der Waals surface area contributed by atoms with Crippen LogP contribution in [0, 0.1) is 5.82 Å². The molecule has 0 bridgehead atoms. The van der Waals surface area contributed by atoms with E-state index < -0.39 is 43.6 Å². The van der Waals surface area contributed by atoms with Gasteiger partial charge in [0.15, 0.2) is 0 Å². The average Bonchev–Trinajstić information content (AvgIpc) is 2.19. The van der Waals surface area contributed by atoms with Crippen molar-refractivity contribution in [3.63, 3.8) is 0 Å². The number of sulfonamides is 1. The van der Waals surface area contributed by atoms with Crippen molar-refractivity contribution < 1.29 is 35.9 Å². The van der Waals surface area contributed by atoms with Crippen LogP contribution in [0.15, 0.2) is 12.1 Å². The molecule has 0 aliphatic rings. The number of rotatable bonds is 3. The molecule has 5 nitrogen and oxygen atoms in total. The van der Waals surface area contributed by atoms with E-state index >= 15 is 0 Å². The number of halogens is 5. The first-order valence-electron chi connectivity index (χ1n) is 4.27. The van der Waals surface area contributed by atoms with Crippen LogP contribution in [0.2, 0.25) is 5.02 Å². The fraction of sp³-hybridized carbons (Fsp3) is 0.125. The zero-order valence-corrected chi connectivity index (χ0v) is 10.2. The maximum absolute atomic E-state index is 13.2. The van der Waals surface area contributed by atoms with Gasteiger partial charge in [-0.15, -0.1) is 0 Å². The molecule has 0 amide bonds. The van der Waals surface area contributed by atoms with Crippen LogP contribution in [0.25, 0.3) is 0 Å². The first kappa shape index (κ1) is 15.5. The molecule has 0 saturated carbocycles. The fourth-order valence-corrected chi connectivity index (χ4v) is 1.79. The van der Waals surface area contributed by atoms with Crippen LogP contribution in [0.3, 0.4) is 0 Å². The van der Waals surface area contributed by atoms with Gasteiger partial charge < -0.3 is 5.11 Å². The lowest BCUT2D eigenvalue weighted by atomic mass is 10.2. The molecule has 0 saturated heterocycles. The van der Waals surface area contributed by atoms with Crippen LogP contribution >= 0.6 is 11.6 Å². The largest absolute Gasteiger partial charge is 0.516 e. The summed E-state index contributed by atoms with van der Waals surface area (Å²) in [4.78, 5) is 10.6. The Kier molecular flexibility index (Phi) is 3.96. The van der Waals surface area contributed by atoms with Gasteiger partial charge in [-0.2, -0.15) is 21.6 Å². The van der Waals surface area contributed by atoms with E-state index in [1.807, 2.05) is 0 Å².